The molecule has 1 aliphatic heterocycles. The van der Waals surface area contributed by atoms with Gasteiger partial charge in [-0.25, -0.2) is 22.0 Å². The summed E-state index contributed by atoms with van der Waals surface area (Å²) >= 11 is 6.15. The zero-order chi connectivity index (χ0) is 32.8. The number of alkyl halides is 2. The maximum Gasteiger partial charge on any atom is 0.414 e. The highest BCUT2D eigenvalue weighted by Gasteiger charge is 2.58. The number of amides is 1. The average Bonchev–Trinajstić information content (AvgIpc) is 3.08. The standard InChI is InChI=1S/C32H35ClF2N2O7S/c1-3-4-18-43-30(39)37-17-16-32(34,35)31(40,26-20-24(33)12-15-28(26)37)21-44-29(38)27(19-23-8-6-5-7-9-23)36-45(41,42)25-13-10-22(2)11-14-25/h5-15,20,27,36,40H,3-4,16-19,21H2,1-2H3/t27-,31+/m1/s1. The number of carbonyl (C=O) groups is 2. The largest absolute Gasteiger partial charge is 0.461 e. The normalized spacial score (nSPS) is 18.4. The average molecular weight is 665 g/mol. The molecule has 0 saturated heterocycles. The molecule has 1 aliphatic rings. The summed E-state index contributed by atoms with van der Waals surface area (Å²) in [7, 11) is -4.25. The van der Waals surface area contributed by atoms with Crippen LogP contribution in [0.2, 0.25) is 5.02 Å². The number of ether oxygens (including phenoxy) is 2. The third kappa shape index (κ3) is 7.99. The highest BCUT2D eigenvalue weighted by molar-refractivity contribution is 7.89. The first-order chi connectivity index (χ1) is 21.3. The maximum absolute atomic E-state index is 15.8. The lowest BCUT2D eigenvalue weighted by Gasteiger charge is -2.35. The molecule has 0 spiro atoms. The number of aliphatic hydroxyl groups is 1. The van der Waals surface area contributed by atoms with Gasteiger partial charge in [-0.05, 0) is 55.7 Å². The fraction of sp³-hybridized carbons (Fsp3) is 0.375. The Morgan fingerprint density at radius 3 is 2.42 bits per heavy atom. The third-order valence-electron chi connectivity index (χ3n) is 7.51. The van der Waals surface area contributed by atoms with E-state index in [2.05, 4.69) is 4.72 Å². The number of benzene rings is 3. The third-order valence-corrected chi connectivity index (χ3v) is 9.24. The van der Waals surface area contributed by atoms with Crippen LogP contribution < -0.4 is 9.62 Å². The van der Waals surface area contributed by atoms with Crippen LogP contribution in [0.15, 0.2) is 77.7 Å². The van der Waals surface area contributed by atoms with Crippen molar-refractivity contribution in [3.8, 4) is 0 Å². The van der Waals surface area contributed by atoms with Gasteiger partial charge in [-0.2, -0.15) is 4.72 Å². The number of anilines is 1. The Morgan fingerprint density at radius 2 is 1.76 bits per heavy atom. The van der Waals surface area contributed by atoms with Crippen molar-refractivity contribution in [3.05, 3.63) is 94.5 Å². The van der Waals surface area contributed by atoms with Crippen molar-refractivity contribution in [2.45, 2.75) is 62.0 Å². The Bertz CT molecular complexity index is 1610. The number of hydrogen-bond acceptors (Lipinski definition) is 7. The van der Waals surface area contributed by atoms with Crippen molar-refractivity contribution in [1.29, 1.82) is 0 Å². The number of unbranched alkanes of at least 4 members (excludes halogenated alkanes) is 1. The number of esters is 1. The van der Waals surface area contributed by atoms with E-state index in [-0.39, 0.29) is 28.6 Å². The molecule has 3 aromatic carbocycles. The predicted molar refractivity (Wildman–Crippen MR) is 165 cm³/mol. The van der Waals surface area contributed by atoms with Gasteiger partial charge < -0.3 is 14.6 Å². The van der Waals surface area contributed by atoms with Crippen LogP contribution >= 0.6 is 11.6 Å². The van der Waals surface area contributed by atoms with Gasteiger partial charge in [-0.1, -0.05) is 73.0 Å². The molecule has 0 fully saturated rings. The number of rotatable bonds is 11. The Labute approximate surface area is 266 Å². The van der Waals surface area contributed by atoms with Gasteiger partial charge in [0.2, 0.25) is 10.0 Å². The molecular weight excluding hydrogens is 630 g/mol. The van der Waals surface area contributed by atoms with Gasteiger partial charge in [0, 0.05) is 23.6 Å². The lowest BCUT2D eigenvalue weighted by Crippen LogP contribution is -2.51. The van der Waals surface area contributed by atoms with Crippen molar-refractivity contribution >= 4 is 39.4 Å². The van der Waals surface area contributed by atoms with Gasteiger partial charge in [0.1, 0.15) is 12.6 Å². The SMILES string of the molecule is CCCCOC(=O)N1CCC(F)(F)[C@](O)(COC(=O)[C@@H](Cc2ccccc2)NS(=O)(=O)c2ccc(C)cc2)c2cc(Cl)ccc21. The quantitative estimate of drug-likeness (QED) is 0.198. The molecule has 0 radical (unpaired) electrons. The van der Waals surface area contributed by atoms with E-state index >= 15 is 8.78 Å². The van der Waals surface area contributed by atoms with E-state index in [0.717, 1.165) is 23.0 Å². The second-order valence-electron chi connectivity index (χ2n) is 10.9. The molecule has 1 heterocycles. The van der Waals surface area contributed by atoms with Crippen molar-refractivity contribution in [2.24, 2.45) is 0 Å². The molecule has 45 heavy (non-hydrogen) atoms. The van der Waals surface area contributed by atoms with Crippen LogP contribution in [0.1, 0.15) is 42.9 Å². The monoisotopic (exact) mass is 664 g/mol. The van der Waals surface area contributed by atoms with Gasteiger partial charge in [-0.3, -0.25) is 9.69 Å². The molecule has 0 bridgehead atoms. The summed E-state index contributed by atoms with van der Waals surface area (Å²) in [5, 5.41) is 11.6. The summed E-state index contributed by atoms with van der Waals surface area (Å²) in [4.78, 5) is 27.2. The summed E-state index contributed by atoms with van der Waals surface area (Å²) in [6.45, 7) is 2.00. The molecule has 0 saturated carbocycles. The van der Waals surface area contributed by atoms with Crippen LogP contribution in [0, 0.1) is 6.92 Å². The molecule has 9 nitrogen and oxygen atoms in total. The molecule has 13 heteroatoms. The number of sulfonamides is 1. The van der Waals surface area contributed by atoms with E-state index < -0.39 is 64.8 Å². The second-order valence-corrected chi connectivity index (χ2v) is 13.0. The molecule has 1 amide bonds. The van der Waals surface area contributed by atoms with Crippen LogP contribution in [-0.2, 0) is 36.3 Å². The molecule has 0 aromatic heterocycles. The molecule has 2 N–H and O–H groups in total. The molecular formula is C32H35ClF2N2O7S. The summed E-state index contributed by atoms with van der Waals surface area (Å²) in [6, 6.07) is 16.6. The van der Waals surface area contributed by atoms with E-state index in [1.165, 1.54) is 24.3 Å². The van der Waals surface area contributed by atoms with Crippen molar-refractivity contribution < 1.29 is 41.4 Å². The highest BCUT2D eigenvalue weighted by atomic mass is 35.5. The van der Waals surface area contributed by atoms with Crippen LogP contribution in [0.3, 0.4) is 0 Å². The van der Waals surface area contributed by atoms with Crippen LogP contribution in [0.5, 0.6) is 0 Å². The number of fused-ring (bicyclic) bond motifs is 1. The number of nitrogens with one attached hydrogen (secondary N) is 1. The van der Waals surface area contributed by atoms with E-state index in [0.29, 0.717) is 12.0 Å². The number of hydrogen-bond donors (Lipinski definition) is 2. The fourth-order valence-corrected chi connectivity index (χ4v) is 6.23. The lowest BCUT2D eigenvalue weighted by molar-refractivity contribution is -0.214. The summed E-state index contributed by atoms with van der Waals surface area (Å²) in [5.74, 6) is -5.11. The topological polar surface area (TPSA) is 122 Å². The molecule has 2 atom stereocenters. The summed E-state index contributed by atoms with van der Waals surface area (Å²) < 4.78 is 70.9. The van der Waals surface area contributed by atoms with E-state index in [1.54, 1.807) is 49.4 Å². The van der Waals surface area contributed by atoms with Crippen molar-refractivity contribution in [2.75, 3.05) is 24.7 Å². The van der Waals surface area contributed by atoms with Crippen LogP contribution in [0.4, 0.5) is 19.3 Å². The highest BCUT2D eigenvalue weighted by Crippen LogP contribution is 2.47. The second kappa shape index (κ2) is 14.2. The van der Waals surface area contributed by atoms with Gasteiger partial charge in [0.05, 0.1) is 17.2 Å². The molecule has 3 aromatic rings. The molecule has 242 valence electrons. The predicted octanol–water partition coefficient (Wildman–Crippen LogP) is 5.75. The van der Waals surface area contributed by atoms with Gasteiger partial charge in [-0.15, -0.1) is 0 Å². The van der Waals surface area contributed by atoms with Crippen molar-refractivity contribution in [1.82, 2.24) is 4.72 Å². The molecule has 4 rings (SSSR count). The van der Waals surface area contributed by atoms with Gasteiger partial charge in [0.15, 0.2) is 5.60 Å². The Balaban J connectivity index is 1.65. The van der Waals surface area contributed by atoms with Gasteiger partial charge >= 0.3 is 12.1 Å². The van der Waals surface area contributed by atoms with Crippen LogP contribution in [0.25, 0.3) is 0 Å². The minimum absolute atomic E-state index is 0.0108. The summed E-state index contributed by atoms with van der Waals surface area (Å²) in [6.07, 6.45) is -0.725. The smallest absolute Gasteiger partial charge is 0.414 e. The number of nitrogens with zero attached hydrogens (tertiary/aromatic N) is 1. The Hall–Kier alpha value is -3.58. The molecule has 0 unspecified atom stereocenters. The van der Waals surface area contributed by atoms with Gasteiger partial charge in [0.25, 0.3) is 5.92 Å². The first kappa shape index (κ1) is 34.3. The number of carbonyl (C=O) groups excluding carboxylic acids is 2. The van der Waals surface area contributed by atoms with Crippen LogP contribution in [-0.4, -0.2) is 57.3 Å². The zero-order valence-corrected chi connectivity index (χ0v) is 26.4. The van der Waals surface area contributed by atoms with E-state index in [1.807, 2.05) is 6.92 Å². The van der Waals surface area contributed by atoms with E-state index in [4.69, 9.17) is 21.1 Å². The Kier molecular flexibility index (Phi) is 10.9. The minimum atomic E-state index is -4.25. The van der Waals surface area contributed by atoms with E-state index in [9.17, 15) is 23.1 Å². The first-order valence-corrected chi connectivity index (χ1v) is 16.3. The minimum Gasteiger partial charge on any atom is -0.461 e. The fourth-order valence-electron chi connectivity index (χ4n) is 4.88. The number of halogens is 3. The number of aryl methyl sites for hydroxylation is 1. The van der Waals surface area contributed by atoms with Crippen molar-refractivity contribution in [3.63, 3.8) is 0 Å². The first-order valence-electron chi connectivity index (χ1n) is 14.4. The maximum atomic E-state index is 15.8. The molecule has 0 aliphatic carbocycles. The Morgan fingerprint density at radius 1 is 1.07 bits per heavy atom. The summed E-state index contributed by atoms with van der Waals surface area (Å²) in [5.41, 5.74) is -2.27. The zero-order valence-electron chi connectivity index (χ0n) is 24.8. The lowest BCUT2D eigenvalue weighted by atomic mass is 9.86.